The SMILES string of the molecule is CC.CCCCCN1/C(=C\C=C\C2=[N+](CCCCC)c3ccccc3C2)Cc2ccccc21. The van der Waals surface area contributed by atoms with Crippen LogP contribution in [0.2, 0.25) is 0 Å². The number of anilines is 1. The van der Waals surface area contributed by atoms with Gasteiger partial charge in [-0.15, -0.1) is 0 Å². The molecule has 2 aromatic rings. The van der Waals surface area contributed by atoms with Crippen LogP contribution in [0.5, 0.6) is 0 Å². The van der Waals surface area contributed by atoms with E-state index < -0.39 is 0 Å². The van der Waals surface area contributed by atoms with E-state index in [4.69, 9.17) is 0 Å². The highest BCUT2D eigenvalue weighted by molar-refractivity contribution is 5.96. The number of para-hydroxylation sites is 2. The maximum absolute atomic E-state index is 2.54. The minimum Gasteiger partial charge on any atom is -0.345 e. The molecule has 2 aliphatic rings. The summed E-state index contributed by atoms with van der Waals surface area (Å²) >= 11 is 0. The molecule has 0 fully saturated rings. The van der Waals surface area contributed by atoms with E-state index in [-0.39, 0.29) is 0 Å². The highest BCUT2D eigenvalue weighted by atomic mass is 15.2. The number of allylic oxidation sites excluding steroid dienone is 4. The molecule has 0 saturated carbocycles. The van der Waals surface area contributed by atoms with Crippen molar-refractivity contribution < 1.29 is 4.58 Å². The lowest BCUT2D eigenvalue weighted by atomic mass is 10.1. The minimum atomic E-state index is 1.04. The van der Waals surface area contributed by atoms with Crippen molar-refractivity contribution in [2.24, 2.45) is 0 Å². The Balaban J connectivity index is 0.00000149. The summed E-state index contributed by atoms with van der Waals surface area (Å²) in [4.78, 5) is 2.54. The summed E-state index contributed by atoms with van der Waals surface area (Å²) in [6.07, 6.45) is 16.7. The lowest BCUT2D eigenvalue weighted by Crippen LogP contribution is -2.20. The average molecular weight is 444 g/mol. The summed E-state index contributed by atoms with van der Waals surface area (Å²) in [5, 5.41) is 0. The molecule has 2 nitrogen and oxygen atoms in total. The maximum atomic E-state index is 2.54. The van der Waals surface area contributed by atoms with Gasteiger partial charge >= 0.3 is 0 Å². The Morgan fingerprint density at radius 3 is 2.30 bits per heavy atom. The fourth-order valence-electron chi connectivity index (χ4n) is 4.87. The molecular weight excluding hydrogens is 400 g/mol. The van der Waals surface area contributed by atoms with Gasteiger partial charge in [-0.3, -0.25) is 0 Å². The van der Waals surface area contributed by atoms with E-state index in [1.165, 1.54) is 72.4 Å². The van der Waals surface area contributed by atoms with E-state index in [1.807, 2.05) is 13.8 Å². The Bertz CT molecular complexity index is 980. The van der Waals surface area contributed by atoms with Gasteiger partial charge in [0.2, 0.25) is 5.69 Å². The van der Waals surface area contributed by atoms with Crippen LogP contribution < -0.4 is 4.90 Å². The summed E-state index contributed by atoms with van der Waals surface area (Å²) < 4.78 is 2.54. The Kier molecular flexibility index (Phi) is 10.00. The van der Waals surface area contributed by atoms with Crippen molar-refractivity contribution in [2.75, 3.05) is 18.0 Å². The molecule has 4 rings (SSSR count). The summed E-state index contributed by atoms with van der Waals surface area (Å²) in [5.74, 6) is 0. The minimum absolute atomic E-state index is 1.04. The number of hydrogen-bond donors (Lipinski definition) is 0. The number of rotatable bonds is 10. The van der Waals surface area contributed by atoms with Crippen LogP contribution >= 0.6 is 0 Å². The highest BCUT2D eigenvalue weighted by Gasteiger charge is 2.27. The van der Waals surface area contributed by atoms with E-state index in [9.17, 15) is 0 Å². The quantitative estimate of drug-likeness (QED) is 0.265. The molecule has 2 aliphatic heterocycles. The molecule has 0 N–H and O–H groups in total. The van der Waals surface area contributed by atoms with E-state index >= 15 is 0 Å². The van der Waals surface area contributed by atoms with Gasteiger partial charge < -0.3 is 4.90 Å². The van der Waals surface area contributed by atoms with E-state index in [0.717, 1.165) is 25.9 Å². The standard InChI is InChI=1S/C29H37N2.C2H6/c1-3-5-11-20-30-26(22-24-14-7-9-18-28(24)30)16-13-17-27-23-25-15-8-10-19-29(25)31(27)21-12-6-4-2;1-2/h7-10,13-19H,3-6,11-12,20-23H2,1-2H3;1-2H3/q+1;. The zero-order chi connectivity index (χ0) is 23.5. The van der Waals surface area contributed by atoms with Gasteiger partial charge in [0.1, 0.15) is 6.54 Å². The molecule has 0 bridgehead atoms. The number of hydrogen-bond acceptors (Lipinski definition) is 1. The maximum Gasteiger partial charge on any atom is 0.209 e. The topological polar surface area (TPSA) is 6.25 Å². The second kappa shape index (κ2) is 13.2. The molecular formula is C31H43N2+. The molecule has 0 spiro atoms. The predicted molar refractivity (Wildman–Crippen MR) is 145 cm³/mol. The second-order valence-electron chi connectivity index (χ2n) is 8.84. The second-order valence-corrected chi connectivity index (χ2v) is 8.84. The van der Waals surface area contributed by atoms with E-state index in [1.54, 1.807) is 0 Å². The smallest absolute Gasteiger partial charge is 0.209 e. The molecule has 0 saturated heterocycles. The van der Waals surface area contributed by atoms with E-state index in [2.05, 4.69) is 90.1 Å². The first-order valence-corrected chi connectivity index (χ1v) is 13.3. The van der Waals surface area contributed by atoms with Crippen molar-refractivity contribution in [2.45, 2.75) is 79.1 Å². The highest BCUT2D eigenvalue weighted by Crippen LogP contribution is 2.34. The van der Waals surface area contributed by atoms with Crippen LogP contribution in [0.1, 0.15) is 77.3 Å². The molecule has 0 atom stereocenters. The third-order valence-electron chi connectivity index (χ3n) is 6.55. The molecule has 0 amide bonds. The number of unbranched alkanes of at least 4 members (excludes halogenated alkanes) is 4. The fraction of sp³-hybridized carbons (Fsp3) is 0.452. The van der Waals surface area contributed by atoms with Crippen molar-refractivity contribution >= 4 is 17.1 Å². The number of benzene rings is 2. The monoisotopic (exact) mass is 443 g/mol. The van der Waals surface area contributed by atoms with Crippen LogP contribution in [0.15, 0.2) is 72.5 Å². The van der Waals surface area contributed by atoms with Crippen LogP contribution in [-0.2, 0) is 12.8 Å². The molecule has 0 radical (unpaired) electrons. The first-order valence-electron chi connectivity index (χ1n) is 13.3. The molecule has 0 unspecified atom stereocenters. The van der Waals surface area contributed by atoms with E-state index in [0.29, 0.717) is 0 Å². The number of fused-ring (bicyclic) bond motifs is 2. The predicted octanol–water partition coefficient (Wildman–Crippen LogP) is 8.24. The Labute approximate surface area is 202 Å². The van der Waals surface area contributed by atoms with Gasteiger partial charge in [-0.05, 0) is 30.5 Å². The Morgan fingerprint density at radius 2 is 1.52 bits per heavy atom. The third kappa shape index (κ3) is 6.25. The van der Waals surface area contributed by atoms with Crippen molar-refractivity contribution in [3.05, 3.63) is 83.6 Å². The van der Waals surface area contributed by atoms with Gasteiger partial charge in [0.15, 0.2) is 5.71 Å². The van der Waals surface area contributed by atoms with Crippen LogP contribution in [0.25, 0.3) is 0 Å². The van der Waals surface area contributed by atoms with Gasteiger partial charge in [0.05, 0.1) is 6.42 Å². The van der Waals surface area contributed by atoms with Crippen molar-refractivity contribution in [1.82, 2.24) is 0 Å². The average Bonchev–Trinajstić information content (AvgIpc) is 3.39. The molecule has 2 heterocycles. The number of nitrogens with zero attached hydrogens (tertiary/aromatic N) is 2. The molecule has 2 aromatic carbocycles. The largest absolute Gasteiger partial charge is 0.345 e. The van der Waals surface area contributed by atoms with Gasteiger partial charge in [-0.1, -0.05) is 89.4 Å². The van der Waals surface area contributed by atoms with Crippen LogP contribution in [0.3, 0.4) is 0 Å². The zero-order valence-corrected chi connectivity index (χ0v) is 21.3. The summed E-state index contributed by atoms with van der Waals surface area (Å²) in [5.41, 5.74) is 8.59. The summed E-state index contributed by atoms with van der Waals surface area (Å²) in [6, 6.07) is 17.8. The van der Waals surface area contributed by atoms with Gasteiger partial charge in [-0.25, -0.2) is 0 Å². The lowest BCUT2D eigenvalue weighted by Gasteiger charge is -2.21. The molecule has 0 aromatic heterocycles. The van der Waals surface area contributed by atoms with Gasteiger partial charge in [-0.2, -0.15) is 4.58 Å². The summed E-state index contributed by atoms with van der Waals surface area (Å²) in [6.45, 7) is 10.8. The Morgan fingerprint density at radius 1 is 0.818 bits per heavy atom. The third-order valence-corrected chi connectivity index (χ3v) is 6.55. The normalized spacial score (nSPS) is 15.8. The van der Waals surface area contributed by atoms with Crippen LogP contribution in [0.4, 0.5) is 11.4 Å². The fourth-order valence-corrected chi connectivity index (χ4v) is 4.87. The lowest BCUT2D eigenvalue weighted by molar-refractivity contribution is -0.437. The molecule has 2 heteroatoms. The molecule has 0 aliphatic carbocycles. The first kappa shape index (κ1) is 25.0. The summed E-state index contributed by atoms with van der Waals surface area (Å²) in [7, 11) is 0. The zero-order valence-electron chi connectivity index (χ0n) is 21.3. The van der Waals surface area contributed by atoms with Crippen molar-refractivity contribution in [1.29, 1.82) is 0 Å². The Hall–Kier alpha value is -2.61. The van der Waals surface area contributed by atoms with Crippen LogP contribution in [0, 0.1) is 0 Å². The van der Waals surface area contributed by atoms with Gasteiger partial charge in [0.25, 0.3) is 0 Å². The molecule has 33 heavy (non-hydrogen) atoms. The molecule has 176 valence electrons. The van der Waals surface area contributed by atoms with Crippen LogP contribution in [-0.4, -0.2) is 23.4 Å². The first-order chi connectivity index (χ1) is 16.3. The van der Waals surface area contributed by atoms with Crippen molar-refractivity contribution in [3.8, 4) is 0 Å². The van der Waals surface area contributed by atoms with Crippen molar-refractivity contribution in [3.63, 3.8) is 0 Å². The van der Waals surface area contributed by atoms with Gasteiger partial charge in [0, 0.05) is 48.5 Å².